The quantitative estimate of drug-likeness (QED) is 0.298. The Labute approximate surface area is 148 Å². The molecule has 4 heteroatoms. The summed E-state index contributed by atoms with van der Waals surface area (Å²) in [5, 5.41) is 17.1. The van der Waals surface area contributed by atoms with Gasteiger partial charge in [0.1, 0.15) is 0 Å². The van der Waals surface area contributed by atoms with Crippen LogP contribution in [-0.2, 0) is 9.59 Å². The van der Waals surface area contributed by atoms with E-state index in [1.807, 2.05) is 0 Å². The van der Waals surface area contributed by atoms with Crippen LogP contribution in [0.2, 0.25) is 0 Å². The summed E-state index contributed by atoms with van der Waals surface area (Å²) in [5.41, 5.74) is 0. The molecule has 4 nitrogen and oxygen atoms in total. The molecule has 0 radical (unpaired) electrons. The van der Waals surface area contributed by atoms with Crippen LogP contribution in [0.15, 0.2) is 0 Å². The van der Waals surface area contributed by atoms with E-state index in [4.69, 9.17) is 10.2 Å². The van der Waals surface area contributed by atoms with Crippen molar-refractivity contribution < 1.29 is 19.8 Å². The highest BCUT2D eigenvalue weighted by atomic mass is 16.4. The van der Waals surface area contributed by atoms with Gasteiger partial charge < -0.3 is 10.2 Å². The molecule has 0 saturated heterocycles. The molecule has 0 heterocycles. The van der Waals surface area contributed by atoms with Gasteiger partial charge in [0.2, 0.25) is 0 Å². The number of rotatable bonds is 18. The smallest absolute Gasteiger partial charge is 0.303 e. The van der Waals surface area contributed by atoms with Crippen LogP contribution in [0, 0.1) is 5.92 Å². The van der Waals surface area contributed by atoms with Gasteiger partial charge in [-0.3, -0.25) is 9.59 Å². The Morgan fingerprint density at radius 2 is 0.875 bits per heavy atom. The van der Waals surface area contributed by atoms with Crippen LogP contribution in [-0.4, -0.2) is 22.2 Å². The van der Waals surface area contributed by atoms with E-state index in [2.05, 4.69) is 6.92 Å². The molecule has 24 heavy (non-hydrogen) atoms. The Bertz CT molecular complexity index is 285. The summed E-state index contributed by atoms with van der Waals surface area (Å²) < 4.78 is 0. The van der Waals surface area contributed by atoms with Gasteiger partial charge in [-0.25, -0.2) is 0 Å². The number of hydrogen-bond donors (Lipinski definition) is 2. The Hall–Kier alpha value is -1.06. The van der Waals surface area contributed by atoms with Gasteiger partial charge in [-0.1, -0.05) is 84.0 Å². The van der Waals surface area contributed by atoms with E-state index < -0.39 is 11.9 Å². The fourth-order valence-corrected chi connectivity index (χ4v) is 3.10. The molecule has 0 spiro atoms. The molecule has 0 rings (SSSR count). The Morgan fingerprint density at radius 3 is 1.21 bits per heavy atom. The minimum atomic E-state index is -0.677. The largest absolute Gasteiger partial charge is 0.481 e. The van der Waals surface area contributed by atoms with Crippen LogP contribution < -0.4 is 0 Å². The van der Waals surface area contributed by atoms with Crippen LogP contribution in [0.5, 0.6) is 0 Å². The van der Waals surface area contributed by atoms with Crippen LogP contribution >= 0.6 is 0 Å². The Kier molecular flexibility index (Phi) is 16.0. The molecule has 142 valence electrons. The zero-order chi connectivity index (χ0) is 18.0. The highest BCUT2D eigenvalue weighted by Gasteiger charge is 2.03. The van der Waals surface area contributed by atoms with Crippen LogP contribution in [0.4, 0.5) is 0 Å². The summed E-state index contributed by atoms with van der Waals surface area (Å²) in [6.45, 7) is 2.35. The maximum absolute atomic E-state index is 10.4. The highest BCUT2D eigenvalue weighted by Crippen LogP contribution is 2.18. The molecule has 0 bridgehead atoms. The lowest BCUT2D eigenvalue weighted by atomic mass is 9.96. The van der Waals surface area contributed by atoms with Crippen molar-refractivity contribution in [3.8, 4) is 0 Å². The number of hydrogen-bond acceptors (Lipinski definition) is 2. The number of unbranched alkanes of at least 4 members (excludes halogenated alkanes) is 10. The van der Waals surface area contributed by atoms with Crippen LogP contribution in [0.3, 0.4) is 0 Å². The van der Waals surface area contributed by atoms with Crippen molar-refractivity contribution in [3.05, 3.63) is 0 Å². The molecule has 0 aromatic rings. The average molecular weight is 343 g/mol. The maximum Gasteiger partial charge on any atom is 0.303 e. The first-order valence-corrected chi connectivity index (χ1v) is 9.96. The maximum atomic E-state index is 10.4. The van der Waals surface area contributed by atoms with Crippen molar-refractivity contribution in [3.63, 3.8) is 0 Å². The number of aliphatic carboxylic acids is 2. The van der Waals surface area contributed by atoms with Gasteiger partial charge in [-0.05, 0) is 18.8 Å². The molecule has 0 atom stereocenters. The van der Waals surface area contributed by atoms with Gasteiger partial charge in [0.15, 0.2) is 0 Å². The van der Waals surface area contributed by atoms with Crippen molar-refractivity contribution >= 4 is 11.9 Å². The highest BCUT2D eigenvalue weighted by molar-refractivity contribution is 5.66. The summed E-state index contributed by atoms with van der Waals surface area (Å²) in [7, 11) is 0. The van der Waals surface area contributed by atoms with Gasteiger partial charge in [-0.2, -0.15) is 0 Å². The molecule has 0 aliphatic rings. The molecule has 0 aromatic carbocycles. The predicted octanol–water partition coefficient (Wildman–Crippen LogP) is 6.03. The SMILES string of the molecule is CC(CCCCCCCCC(=O)O)CCCCCCCCC(=O)O. The molecular weight excluding hydrogens is 304 g/mol. The lowest BCUT2D eigenvalue weighted by Crippen LogP contribution is -1.96. The normalized spacial score (nSPS) is 11.1. The summed E-state index contributed by atoms with van der Waals surface area (Å²) in [6.07, 6.45) is 17.0. The van der Waals surface area contributed by atoms with Gasteiger partial charge >= 0.3 is 11.9 Å². The van der Waals surface area contributed by atoms with Gasteiger partial charge in [0, 0.05) is 12.8 Å². The minimum Gasteiger partial charge on any atom is -0.481 e. The molecule has 0 unspecified atom stereocenters. The van der Waals surface area contributed by atoms with E-state index in [0.717, 1.165) is 31.6 Å². The third-order valence-corrected chi connectivity index (χ3v) is 4.68. The van der Waals surface area contributed by atoms with Crippen molar-refractivity contribution in [2.24, 2.45) is 5.92 Å². The molecule has 0 aliphatic heterocycles. The topological polar surface area (TPSA) is 74.6 Å². The zero-order valence-corrected chi connectivity index (χ0v) is 15.6. The second-order valence-electron chi connectivity index (χ2n) is 7.21. The first-order chi connectivity index (χ1) is 11.5. The number of carbonyl (C=O) groups is 2. The first kappa shape index (κ1) is 22.9. The van der Waals surface area contributed by atoms with E-state index in [0.29, 0.717) is 12.8 Å². The third kappa shape index (κ3) is 19.0. The zero-order valence-electron chi connectivity index (χ0n) is 15.6. The molecule has 0 aromatic heterocycles. The molecule has 0 amide bonds. The predicted molar refractivity (Wildman–Crippen MR) is 98.3 cm³/mol. The third-order valence-electron chi connectivity index (χ3n) is 4.68. The second-order valence-corrected chi connectivity index (χ2v) is 7.21. The van der Waals surface area contributed by atoms with Crippen molar-refractivity contribution in [2.45, 2.75) is 110 Å². The summed E-state index contributed by atoms with van der Waals surface area (Å²) in [6, 6.07) is 0. The lowest BCUT2D eigenvalue weighted by Gasteiger charge is -2.11. The average Bonchev–Trinajstić information content (AvgIpc) is 2.51. The summed E-state index contributed by atoms with van der Waals surface area (Å²) in [5.74, 6) is -0.544. The molecular formula is C20H38O4. The number of carboxylic acids is 2. The molecule has 2 N–H and O–H groups in total. The van der Waals surface area contributed by atoms with E-state index in [9.17, 15) is 9.59 Å². The van der Waals surface area contributed by atoms with Crippen molar-refractivity contribution in [2.75, 3.05) is 0 Å². The summed E-state index contributed by atoms with van der Waals surface area (Å²) in [4.78, 5) is 20.8. The van der Waals surface area contributed by atoms with Gasteiger partial charge in [-0.15, -0.1) is 0 Å². The first-order valence-electron chi connectivity index (χ1n) is 9.96. The monoisotopic (exact) mass is 342 g/mol. The molecule has 0 aliphatic carbocycles. The lowest BCUT2D eigenvalue weighted by molar-refractivity contribution is -0.138. The van der Waals surface area contributed by atoms with Crippen molar-refractivity contribution in [1.29, 1.82) is 0 Å². The van der Waals surface area contributed by atoms with Gasteiger partial charge in [0.25, 0.3) is 0 Å². The van der Waals surface area contributed by atoms with Gasteiger partial charge in [0.05, 0.1) is 0 Å². The van der Waals surface area contributed by atoms with E-state index in [-0.39, 0.29) is 0 Å². The fraction of sp³-hybridized carbons (Fsp3) is 0.900. The van der Waals surface area contributed by atoms with E-state index >= 15 is 0 Å². The second kappa shape index (κ2) is 16.8. The van der Waals surface area contributed by atoms with Crippen LogP contribution in [0.1, 0.15) is 110 Å². The van der Waals surface area contributed by atoms with E-state index in [1.165, 1.54) is 64.2 Å². The van der Waals surface area contributed by atoms with Crippen molar-refractivity contribution in [1.82, 2.24) is 0 Å². The Morgan fingerprint density at radius 1 is 0.583 bits per heavy atom. The van der Waals surface area contributed by atoms with E-state index in [1.54, 1.807) is 0 Å². The minimum absolute atomic E-state index is 0.316. The molecule has 0 saturated carbocycles. The standard InChI is InChI=1S/C20H38O4/c1-18(14-10-6-2-4-8-12-16-19(21)22)15-11-7-3-5-9-13-17-20(23)24/h18H,2-17H2,1H3,(H,21,22)(H,23,24). The van der Waals surface area contributed by atoms with Crippen LogP contribution in [0.25, 0.3) is 0 Å². The number of carboxylic acid groups (broad SMARTS) is 2. The molecule has 0 fully saturated rings. The Balaban J connectivity index is 3.19. The fourth-order valence-electron chi connectivity index (χ4n) is 3.10. The summed E-state index contributed by atoms with van der Waals surface area (Å²) >= 11 is 0.